The number of ether oxygens (including phenoxy) is 1. The van der Waals surface area contributed by atoms with E-state index in [1.54, 1.807) is 30.1 Å². The topological polar surface area (TPSA) is 82.2 Å². The van der Waals surface area contributed by atoms with Gasteiger partial charge in [-0.1, -0.05) is 0 Å². The molecule has 0 bridgehead atoms. The van der Waals surface area contributed by atoms with Crippen molar-refractivity contribution in [3.63, 3.8) is 0 Å². The molecular weight excluding hydrogens is 296 g/mol. The fourth-order valence-electron chi connectivity index (χ4n) is 2.28. The van der Waals surface area contributed by atoms with Gasteiger partial charge in [-0.3, -0.25) is 9.48 Å². The quantitative estimate of drug-likeness (QED) is 0.750. The lowest BCUT2D eigenvalue weighted by atomic mass is 10.2. The Kier molecular flexibility index (Phi) is 4.27. The first-order valence-corrected chi connectivity index (χ1v) is 7.32. The van der Waals surface area contributed by atoms with Gasteiger partial charge in [0.15, 0.2) is 5.58 Å². The van der Waals surface area contributed by atoms with Gasteiger partial charge in [-0.2, -0.15) is 5.10 Å². The average Bonchev–Trinajstić information content (AvgIpc) is 3.15. The normalized spacial score (nSPS) is 10.9. The lowest BCUT2D eigenvalue weighted by Crippen LogP contribution is -2.23. The van der Waals surface area contributed by atoms with E-state index in [-0.39, 0.29) is 12.5 Å². The molecule has 3 aromatic rings. The van der Waals surface area contributed by atoms with E-state index in [2.05, 4.69) is 15.4 Å². The summed E-state index contributed by atoms with van der Waals surface area (Å²) in [4.78, 5) is 16.2. The second-order valence-corrected chi connectivity index (χ2v) is 5.24. The van der Waals surface area contributed by atoms with Crippen molar-refractivity contribution in [2.24, 2.45) is 7.05 Å². The van der Waals surface area contributed by atoms with E-state index in [9.17, 15) is 4.79 Å². The second-order valence-electron chi connectivity index (χ2n) is 5.24. The smallest absolute Gasteiger partial charge is 0.220 e. The van der Waals surface area contributed by atoms with Gasteiger partial charge < -0.3 is 14.5 Å². The molecule has 1 amide bonds. The molecule has 1 aromatic carbocycles. The molecule has 0 aliphatic rings. The van der Waals surface area contributed by atoms with Gasteiger partial charge >= 0.3 is 0 Å². The summed E-state index contributed by atoms with van der Waals surface area (Å²) in [6.45, 7) is 0.267. The number of aromatic nitrogens is 3. The molecule has 2 aromatic heterocycles. The zero-order chi connectivity index (χ0) is 16.2. The van der Waals surface area contributed by atoms with Gasteiger partial charge in [0, 0.05) is 25.7 Å². The monoisotopic (exact) mass is 314 g/mol. The second kappa shape index (κ2) is 6.51. The van der Waals surface area contributed by atoms with Crippen LogP contribution in [0.25, 0.3) is 11.1 Å². The van der Waals surface area contributed by atoms with E-state index in [1.165, 1.54) is 0 Å². The standard InChI is InChI=1S/C16H18N4O3/c1-20-10-11(8-18-20)3-6-15(21)17-9-16-19-13-7-12(22-2)4-5-14(13)23-16/h4-5,7-8,10H,3,6,9H2,1-2H3,(H,17,21). The van der Waals surface area contributed by atoms with Crippen molar-refractivity contribution in [1.82, 2.24) is 20.1 Å². The molecule has 3 rings (SSSR count). The molecule has 0 aliphatic heterocycles. The van der Waals surface area contributed by atoms with E-state index >= 15 is 0 Å². The minimum atomic E-state index is -0.0475. The van der Waals surface area contributed by atoms with Gasteiger partial charge in [0.2, 0.25) is 11.8 Å². The van der Waals surface area contributed by atoms with Crippen LogP contribution in [-0.4, -0.2) is 27.8 Å². The van der Waals surface area contributed by atoms with Gasteiger partial charge in [-0.25, -0.2) is 4.98 Å². The molecule has 0 radical (unpaired) electrons. The molecule has 2 heterocycles. The van der Waals surface area contributed by atoms with Gasteiger partial charge in [-0.15, -0.1) is 0 Å². The van der Waals surface area contributed by atoms with E-state index in [0.717, 1.165) is 11.3 Å². The van der Waals surface area contributed by atoms with E-state index in [1.807, 2.05) is 19.3 Å². The predicted molar refractivity (Wildman–Crippen MR) is 83.9 cm³/mol. The molecule has 120 valence electrons. The van der Waals surface area contributed by atoms with Crippen LogP contribution in [0.1, 0.15) is 17.9 Å². The minimum Gasteiger partial charge on any atom is -0.497 e. The average molecular weight is 314 g/mol. The van der Waals surface area contributed by atoms with Crippen LogP contribution in [0, 0.1) is 0 Å². The molecule has 0 spiro atoms. The number of carbonyl (C=O) groups excluding carboxylic acids is 1. The first kappa shape index (κ1) is 15.1. The molecule has 23 heavy (non-hydrogen) atoms. The SMILES string of the molecule is COc1ccc2oc(CNC(=O)CCc3cnn(C)c3)nc2c1. The zero-order valence-corrected chi connectivity index (χ0v) is 13.1. The fourth-order valence-corrected chi connectivity index (χ4v) is 2.28. The number of nitrogens with one attached hydrogen (secondary N) is 1. The van der Waals surface area contributed by atoms with Crippen molar-refractivity contribution in [2.75, 3.05) is 7.11 Å². The molecular formula is C16H18N4O3. The number of hydrogen-bond acceptors (Lipinski definition) is 5. The number of nitrogens with zero attached hydrogens (tertiary/aromatic N) is 3. The third-order valence-corrected chi connectivity index (χ3v) is 3.47. The molecule has 0 saturated heterocycles. The van der Waals surface area contributed by atoms with E-state index < -0.39 is 0 Å². The van der Waals surface area contributed by atoms with Gasteiger partial charge in [0.05, 0.1) is 19.9 Å². The summed E-state index contributed by atoms with van der Waals surface area (Å²) < 4.78 is 12.5. The largest absolute Gasteiger partial charge is 0.497 e. The summed E-state index contributed by atoms with van der Waals surface area (Å²) in [5, 5.41) is 6.89. The summed E-state index contributed by atoms with van der Waals surface area (Å²) in [6.07, 6.45) is 4.73. The summed E-state index contributed by atoms with van der Waals surface area (Å²) in [5.74, 6) is 1.15. The number of fused-ring (bicyclic) bond motifs is 1. The molecule has 0 unspecified atom stereocenters. The van der Waals surface area contributed by atoms with Crippen LogP contribution >= 0.6 is 0 Å². The molecule has 7 heteroatoms. The van der Waals surface area contributed by atoms with E-state index in [4.69, 9.17) is 9.15 Å². The lowest BCUT2D eigenvalue weighted by Gasteiger charge is -2.01. The third kappa shape index (κ3) is 3.68. The Hall–Kier alpha value is -2.83. The maximum Gasteiger partial charge on any atom is 0.220 e. The molecule has 0 aliphatic carbocycles. The first-order chi connectivity index (χ1) is 11.1. The Morgan fingerprint density at radius 3 is 3.04 bits per heavy atom. The first-order valence-electron chi connectivity index (χ1n) is 7.32. The number of amides is 1. The predicted octanol–water partition coefficient (Wildman–Crippen LogP) is 1.82. The molecule has 0 fully saturated rings. The van der Waals surface area contributed by atoms with Crippen molar-refractivity contribution >= 4 is 17.0 Å². The molecule has 1 N–H and O–H groups in total. The summed E-state index contributed by atoms with van der Waals surface area (Å²) in [5.41, 5.74) is 2.42. The highest BCUT2D eigenvalue weighted by Crippen LogP contribution is 2.21. The summed E-state index contributed by atoms with van der Waals surface area (Å²) in [6, 6.07) is 5.41. The highest BCUT2D eigenvalue weighted by Gasteiger charge is 2.09. The Bertz CT molecular complexity index is 822. The number of hydrogen-bond donors (Lipinski definition) is 1. The maximum absolute atomic E-state index is 11.9. The van der Waals surface area contributed by atoms with Crippen LogP contribution in [0.15, 0.2) is 35.0 Å². The molecule has 7 nitrogen and oxygen atoms in total. The molecule has 0 atom stereocenters. The number of carbonyl (C=O) groups is 1. The van der Waals surface area contributed by atoms with Crippen LogP contribution in [0.3, 0.4) is 0 Å². The highest BCUT2D eigenvalue weighted by molar-refractivity contribution is 5.76. The van der Waals surface area contributed by atoms with E-state index in [0.29, 0.717) is 29.8 Å². The lowest BCUT2D eigenvalue weighted by molar-refractivity contribution is -0.121. The Labute approximate surface area is 133 Å². The van der Waals surface area contributed by atoms with Crippen LogP contribution in [0.5, 0.6) is 5.75 Å². The zero-order valence-electron chi connectivity index (χ0n) is 13.1. The van der Waals surface area contributed by atoms with Crippen molar-refractivity contribution in [1.29, 1.82) is 0 Å². The van der Waals surface area contributed by atoms with Gasteiger partial charge in [0.1, 0.15) is 11.3 Å². The fraction of sp³-hybridized carbons (Fsp3) is 0.312. The third-order valence-electron chi connectivity index (χ3n) is 3.47. The van der Waals surface area contributed by atoms with Crippen molar-refractivity contribution in [2.45, 2.75) is 19.4 Å². The number of benzene rings is 1. The number of rotatable bonds is 6. The maximum atomic E-state index is 11.9. The number of methoxy groups -OCH3 is 1. The van der Waals surface area contributed by atoms with Gasteiger partial charge in [0.25, 0.3) is 0 Å². The summed E-state index contributed by atoms with van der Waals surface area (Å²) >= 11 is 0. The highest BCUT2D eigenvalue weighted by atomic mass is 16.5. The number of aryl methyl sites for hydroxylation is 2. The Balaban J connectivity index is 1.54. The van der Waals surface area contributed by atoms with Crippen LogP contribution in [0.2, 0.25) is 0 Å². The van der Waals surface area contributed by atoms with Crippen LogP contribution in [-0.2, 0) is 24.8 Å². The van der Waals surface area contributed by atoms with Gasteiger partial charge in [-0.05, 0) is 24.1 Å². The number of oxazole rings is 1. The van der Waals surface area contributed by atoms with Crippen LogP contribution in [0.4, 0.5) is 0 Å². The summed E-state index contributed by atoms with van der Waals surface area (Å²) in [7, 11) is 3.45. The molecule has 0 saturated carbocycles. The van der Waals surface area contributed by atoms with Crippen molar-refractivity contribution in [3.8, 4) is 5.75 Å². The van der Waals surface area contributed by atoms with Crippen LogP contribution < -0.4 is 10.1 Å². The van der Waals surface area contributed by atoms with Crippen molar-refractivity contribution in [3.05, 3.63) is 42.0 Å². The Morgan fingerprint density at radius 2 is 2.30 bits per heavy atom. The minimum absolute atomic E-state index is 0.0475. The van der Waals surface area contributed by atoms with Crippen molar-refractivity contribution < 1.29 is 13.9 Å². The Morgan fingerprint density at radius 1 is 1.43 bits per heavy atom.